The van der Waals surface area contributed by atoms with E-state index in [0.29, 0.717) is 11.8 Å². The molecule has 0 amide bonds. The topological polar surface area (TPSA) is 37.3 Å². The first-order chi connectivity index (χ1) is 8.15. The molecule has 2 heteroatoms. The van der Waals surface area contributed by atoms with E-state index in [4.69, 9.17) is 0 Å². The Balaban J connectivity index is 1.97. The number of carboxylic acids is 1. The van der Waals surface area contributed by atoms with Gasteiger partial charge in [0.05, 0.1) is 5.41 Å². The van der Waals surface area contributed by atoms with Crippen LogP contribution in [0.4, 0.5) is 0 Å². The first kappa shape index (κ1) is 11.3. The average Bonchev–Trinajstić information content (AvgIpc) is 2.87. The maximum Gasteiger partial charge on any atom is 0.313 e. The van der Waals surface area contributed by atoms with Crippen LogP contribution in [0.25, 0.3) is 0 Å². The van der Waals surface area contributed by atoms with E-state index in [-0.39, 0.29) is 0 Å². The second-order valence-electron chi connectivity index (χ2n) is 6.26. The standard InChI is InChI=1S/C15H22O2/c1-10-12-7-8-15(9-12,14(16)17)13(10)11-5-3-2-4-6-11/h11-12H,2-9H2,1H3,(H,16,17). The summed E-state index contributed by atoms with van der Waals surface area (Å²) >= 11 is 0. The molecule has 3 aliphatic carbocycles. The summed E-state index contributed by atoms with van der Waals surface area (Å²) in [4.78, 5) is 11.7. The van der Waals surface area contributed by atoms with E-state index < -0.39 is 11.4 Å². The third kappa shape index (κ3) is 1.49. The molecule has 0 aromatic heterocycles. The largest absolute Gasteiger partial charge is 0.481 e. The lowest BCUT2D eigenvalue weighted by molar-refractivity contribution is -0.146. The van der Waals surface area contributed by atoms with Gasteiger partial charge >= 0.3 is 5.97 Å². The van der Waals surface area contributed by atoms with Crippen molar-refractivity contribution in [2.75, 3.05) is 0 Å². The van der Waals surface area contributed by atoms with E-state index >= 15 is 0 Å². The van der Waals surface area contributed by atoms with Gasteiger partial charge in [-0.1, -0.05) is 30.4 Å². The summed E-state index contributed by atoms with van der Waals surface area (Å²) in [6.45, 7) is 2.21. The molecule has 1 N–H and O–H groups in total. The zero-order chi connectivity index (χ0) is 12.0. The third-order valence-corrected chi connectivity index (χ3v) is 5.49. The van der Waals surface area contributed by atoms with E-state index in [1.807, 2.05) is 0 Å². The Bertz CT molecular complexity index is 376. The predicted octanol–water partition coefficient (Wildman–Crippen LogP) is 3.77. The predicted molar refractivity (Wildman–Crippen MR) is 66.7 cm³/mol. The number of aliphatic carboxylic acids is 1. The minimum absolute atomic E-state index is 0.448. The number of allylic oxidation sites excluding steroid dienone is 1. The molecule has 0 radical (unpaired) electrons. The normalized spacial score (nSPS) is 37.8. The van der Waals surface area contributed by atoms with Crippen LogP contribution in [0.5, 0.6) is 0 Å². The van der Waals surface area contributed by atoms with Crippen LogP contribution in [0.3, 0.4) is 0 Å². The first-order valence-corrected chi connectivity index (χ1v) is 7.10. The van der Waals surface area contributed by atoms with Crippen LogP contribution in [-0.2, 0) is 4.79 Å². The van der Waals surface area contributed by atoms with Crippen molar-refractivity contribution in [3.8, 4) is 0 Å². The molecule has 0 aromatic rings. The van der Waals surface area contributed by atoms with Gasteiger partial charge in [-0.05, 0) is 50.9 Å². The lowest BCUT2D eigenvalue weighted by Crippen LogP contribution is -2.33. The van der Waals surface area contributed by atoms with E-state index in [1.165, 1.54) is 43.3 Å². The van der Waals surface area contributed by atoms with Crippen molar-refractivity contribution < 1.29 is 9.90 Å². The molecule has 3 aliphatic rings. The molecule has 0 saturated heterocycles. The van der Waals surface area contributed by atoms with Crippen molar-refractivity contribution >= 4 is 5.97 Å². The molecule has 17 heavy (non-hydrogen) atoms. The van der Waals surface area contributed by atoms with Crippen LogP contribution < -0.4 is 0 Å². The Kier molecular flexibility index (Phi) is 2.57. The van der Waals surface area contributed by atoms with Gasteiger partial charge < -0.3 is 5.11 Å². The van der Waals surface area contributed by atoms with E-state index in [0.717, 1.165) is 19.3 Å². The van der Waals surface area contributed by atoms with Crippen LogP contribution in [0.2, 0.25) is 0 Å². The summed E-state index contributed by atoms with van der Waals surface area (Å²) in [5, 5.41) is 9.68. The number of fused-ring (bicyclic) bond motifs is 2. The molecular weight excluding hydrogens is 212 g/mol. The van der Waals surface area contributed by atoms with Crippen LogP contribution in [-0.4, -0.2) is 11.1 Å². The van der Waals surface area contributed by atoms with Crippen molar-refractivity contribution in [1.29, 1.82) is 0 Å². The Morgan fingerprint density at radius 3 is 2.53 bits per heavy atom. The van der Waals surface area contributed by atoms with Crippen LogP contribution >= 0.6 is 0 Å². The Labute approximate surface area is 103 Å². The molecule has 2 unspecified atom stereocenters. The minimum Gasteiger partial charge on any atom is -0.481 e. The summed E-state index contributed by atoms with van der Waals surface area (Å²) in [6.07, 6.45) is 9.29. The van der Waals surface area contributed by atoms with Gasteiger partial charge in [0.1, 0.15) is 0 Å². The fourth-order valence-corrected chi connectivity index (χ4v) is 4.67. The number of rotatable bonds is 2. The number of carbonyl (C=O) groups is 1. The fraction of sp³-hybridized carbons (Fsp3) is 0.800. The van der Waals surface area contributed by atoms with E-state index in [9.17, 15) is 9.90 Å². The monoisotopic (exact) mass is 234 g/mol. The van der Waals surface area contributed by atoms with Crippen molar-refractivity contribution in [2.45, 2.75) is 58.3 Å². The zero-order valence-electron chi connectivity index (χ0n) is 10.7. The van der Waals surface area contributed by atoms with Gasteiger partial charge in [0.15, 0.2) is 0 Å². The molecule has 0 heterocycles. The van der Waals surface area contributed by atoms with Crippen LogP contribution in [0.1, 0.15) is 58.3 Å². The van der Waals surface area contributed by atoms with Gasteiger partial charge in [0, 0.05) is 0 Å². The number of hydrogen-bond donors (Lipinski definition) is 1. The van der Waals surface area contributed by atoms with Gasteiger partial charge in [0.25, 0.3) is 0 Å². The summed E-state index contributed by atoms with van der Waals surface area (Å²) in [5.41, 5.74) is 2.36. The summed E-state index contributed by atoms with van der Waals surface area (Å²) in [7, 11) is 0. The second kappa shape index (κ2) is 3.86. The van der Waals surface area contributed by atoms with Gasteiger partial charge in [-0.15, -0.1) is 0 Å². The molecular formula is C15H22O2. The highest BCUT2D eigenvalue weighted by Gasteiger charge is 2.55. The Morgan fingerprint density at radius 2 is 1.88 bits per heavy atom. The molecule has 0 aromatic carbocycles. The first-order valence-electron chi connectivity index (χ1n) is 7.10. The molecule has 2 nitrogen and oxygen atoms in total. The van der Waals surface area contributed by atoms with Gasteiger partial charge in [-0.25, -0.2) is 0 Å². The highest BCUT2D eigenvalue weighted by molar-refractivity contribution is 5.81. The van der Waals surface area contributed by atoms with E-state index in [1.54, 1.807) is 0 Å². The smallest absolute Gasteiger partial charge is 0.313 e. The van der Waals surface area contributed by atoms with Crippen molar-refractivity contribution in [2.24, 2.45) is 17.3 Å². The molecule has 2 bridgehead atoms. The maximum atomic E-state index is 11.7. The summed E-state index contributed by atoms with van der Waals surface area (Å²) in [5.74, 6) is 0.630. The molecule has 2 fully saturated rings. The average molecular weight is 234 g/mol. The van der Waals surface area contributed by atoms with Gasteiger partial charge in [-0.2, -0.15) is 0 Å². The maximum absolute atomic E-state index is 11.7. The number of hydrogen-bond acceptors (Lipinski definition) is 1. The molecule has 3 rings (SSSR count). The fourth-order valence-electron chi connectivity index (χ4n) is 4.67. The molecule has 2 atom stereocenters. The summed E-state index contributed by atoms with van der Waals surface area (Å²) < 4.78 is 0. The van der Waals surface area contributed by atoms with Crippen LogP contribution in [0, 0.1) is 17.3 Å². The van der Waals surface area contributed by atoms with Gasteiger partial charge in [-0.3, -0.25) is 4.79 Å². The summed E-state index contributed by atoms with van der Waals surface area (Å²) in [6, 6.07) is 0. The third-order valence-electron chi connectivity index (χ3n) is 5.49. The van der Waals surface area contributed by atoms with Crippen LogP contribution in [0.15, 0.2) is 11.1 Å². The highest BCUT2D eigenvalue weighted by atomic mass is 16.4. The van der Waals surface area contributed by atoms with Crippen molar-refractivity contribution in [1.82, 2.24) is 0 Å². The quantitative estimate of drug-likeness (QED) is 0.738. The second-order valence-corrected chi connectivity index (χ2v) is 6.26. The van der Waals surface area contributed by atoms with E-state index in [2.05, 4.69) is 6.92 Å². The molecule has 0 aliphatic heterocycles. The lowest BCUT2D eigenvalue weighted by atomic mass is 9.69. The minimum atomic E-state index is -0.544. The molecule has 2 saturated carbocycles. The SMILES string of the molecule is CC1=C(C2CCCCC2)C2(C(=O)O)CCC1C2. The zero-order valence-corrected chi connectivity index (χ0v) is 10.7. The number of carboxylic acid groups (broad SMARTS) is 1. The lowest BCUT2D eigenvalue weighted by Gasteiger charge is -2.35. The van der Waals surface area contributed by atoms with Crippen molar-refractivity contribution in [3.63, 3.8) is 0 Å². The highest BCUT2D eigenvalue weighted by Crippen LogP contribution is 2.60. The van der Waals surface area contributed by atoms with Crippen molar-refractivity contribution in [3.05, 3.63) is 11.1 Å². The molecule has 0 spiro atoms. The molecule has 94 valence electrons. The Morgan fingerprint density at radius 1 is 1.18 bits per heavy atom. The van der Waals surface area contributed by atoms with Gasteiger partial charge in [0.2, 0.25) is 0 Å². The Hall–Kier alpha value is -0.790.